The van der Waals surface area contributed by atoms with Gasteiger partial charge in [-0.25, -0.2) is 13.4 Å². The van der Waals surface area contributed by atoms with E-state index < -0.39 is 10.0 Å². The minimum atomic E-state index is -3.40. The summed E-state index contributed by atoms with van der Waals surface area (Å²) in [5, 5.41) is 0. The molecule has 0 amide bonds. The monoisotopic (exact) mass is 296 g/mol. The van der Waals surface area contributed by atoms with Crippen molar-refractivity contribution in [3.05, 3.63) is 18.3 Å². The third kappa shape index (κ3) is 2.42. The molecule has 1 aromatic rings. The van der Waals surface area contributed by atoms with Gasteiger partial charge in [0.05, 0.1) is 12.8 Å². The number of aromatic nitrogens is 1. The number of ether oxygens (including phenoxy) is 1. The van der Waals surface area contributed by atoms with Gasteiger partial charge < -0.3 is 4.74 Å². The number of rotatable bonds is 4. The minimum Gasteiger partial charge on any atom is -0.478 e. The summed E-state index contributed by atoms with van der Waals surface area (Å²) in [6.45, 7) is 3.73. The van der Waals surface area contributed by atoms with E-state index in [9.17, 15) is 8.42 Å². The summed E-state index contributed by atoms with van der Waals surface area (Å²) in [6, 6.07) is 3.20. The molecule has 0 N–H and O–H groups in total. The molecule has 2 atom stereocenters. The summed E-state index contributed by atoms with van der Waals surface area (Å²) in [4.78, 5) is 4.31. The Morgan fingerprint density at radius 1 is 1.30 bits per heavy atom. The molecule has 6 heteroatoms. The van der Waals surface area contributed by atoms with E-state index >= 15 is 0 Å². The highest BCUT2D eigenvalue weighted by atomic mass is 32.2. The van der Waals surface area contributed by atoms with Crippen molar-refractivity contribution in [2.75, 3.05) is 19.7 Å². The van der Waals surface area contributed by atoms with Gasteiger partial charge in [0.2, 0.25) is 15.9 Å². The number of nitrogens with zero attached hydrogens (tertiary/aromatic N) is 2. The average Bonchev–Trinajstić information content (AvgIpc) is 3.00. The van der Waals surface area contributed by atoms with Crippen molar-refractivity contribution >= 4 is 10.0 Å². The van der Waals surface area contributed by atoms with Gasteiger partial charge in [-0.1, -0.05) is 6.42 Å². The first kappa shape index (κ1) is 13.8. The third-order valence-electron chi connectivity index (χ3n) is 4.33. The average molecular weight is 296 g/mol. The van der Waals surface area contributed by atoms with Crippen molar-refractivity contribution in [1.29, 1.82) is 0 Å². The molecule has 2 heterocycles. The van der Waals surface area contributed by atoms with E-state index in [0.717, 1.165) is 12.8 Å². The van der Waals surface area contributed by atoms with Gasteiger partial charge >= 0.3 is 0 Å². The predicted molar refractivity (Wildman–Crippen MR) is 75.0 cm³/mol. The molecule has 2 fully saturated rings. The molecule has 1 saturated carbocycles. The lowest BCUT2D eigenvalue weighted by molar-refractivity contribution is 0.326. The first-order valence-electron chi connectivity index (χ1n) is 7.20. The van der Waals surface area contributed by atoms with Crippen LogP contribution in [-0.2, 0) is 10.0 Å². The van der Waals surface area contributed by atoms with Crippen LogP contribution < -0.4 is 4.74 Å². The van der Waals surface area contributed by atoms with Gasteiger partial charge in [0.1, 0.15) is 4.90 Å². The van der Waals surface area contributed by atoms with Crippen molar-refractivity contribution in [1.82, 2.24) is 9.29 Å². The highest BCUT2D eigenvalue weighted by Crippen LogP contribution is 2.39. The molecule has 110 valence electrons. The summed E-state index contributed by atoms with van der Waals surface area (Å²) in [7, 11) is -3.40. The molecule has 0 aromatic carbocycles. The fraction of sp³-hybridized carbons (Fsp3) is 0.643. The molecule has 2 unspecified atom stereocenters. The van der Waals surface area contributed by atoms with E-state index in [1.54, 1.807) is 16.4 Å². The van der Waals surface area contributed by atoms with Crippen LogP contribution >= 0.6 is 0 Å². The Morgan fingerprint density at radius 3 is 2.55 bits per heavy atom. The highest BCUT2D eigenvalue weighted by Gasteiger charge is 2.41. The Hall–Kier alpha value is -1.14. The lowest BCUT2D eigenvalue weighted by Crippen LogP contribution is -2.29. The van der Waals surface area contributed by atoms with Crippen LogP contribution in [0, 0.1) is 11.8 Å². The van der Waals surface area contributed by atoms with E-state index in [4.69, 9.17) is 4.74 Å². The highest BCUT2D eigenvalue weighted by molar-refractivity contribution is 7.89. The molecule has 0 bridgehead atoms. The van der Waals surface area contributed by atoms with Crippen molar-refractivity contribution < 1.29 is 13.2 Å². The molecular formula is C14H20N2O3S. The zero-order valence-electron chi connectivity index (χ0n) is 11.7. The maximum atomic E-state index is 12.6. The number of pyridine rings is 1. The fourth-order valence-corrected chi connectivity index (χ4v) is 4.79. The summed E-state index contributed by atoms with van der Waals surface area (Å²) in [5.74, 6) is 1.57. The van der Waals surface area contributed by atoms with Gasteiger partial charge in [-0.05, 0) is 37.7 Å². The zero-order chi connectivity index (χ0) is 14.2. The Balaban J connectivity index is 1.78. The second kappa shape index (κ2) is 5.33. The molecular weight excluding hydrogens is 276 g/mol. The van der Waals surface area contributed by atoms with E-state index in [1.165, 1.54) is 12.6 Å². The van der Waals surface area contributed by atoms with Crippen LogP contribution in [0.1, 0.15) is 26.2 Å². The largest absolute Gasteiger partial charge is 0.478 e. The Labute approximate surface area is 120 Å². The van der Waals surface area contributed by atoms with Gasteiger partial charge in [0, 0.05) is 19.2 Å². The van der Waals surface area contributed by atoms with Crippen molar-refractivity contribution in [3.63, 3.8) is 0 Å². The normalized spacial score (nSPS) is 26.6. The number of fused-ring (bicyclic) bond motifs is 1. The standard InChI is InChI=1S/C14H20N2O3S/c1-2-19-14-7-6-13(8-15-14)20(17,18)16-9-11-4-3-5-12(11)10-16/h6-8,11-12H,2-5,9-10H2,1H3. The van der Waals surface area contributed by atoms with E-state index in [1.807, 2.05) is 6.92 Å². The molecule has 2 aliphatic rings. The fourth-order valence-electron chi connectivity index (χ4n) is 3.29. The number of hydrogen-bond acceptors (Lipinski definition) is 4. The van der Waals surface area contributed by atoms with Gasteiger partial charge in [-0.3, -0.25) is 0 Å². The number of hydrogen-bond donors (Lipinski definition) is 0. The van der Waals surface area contributed by atoms with E-state index in [2.05, 4.69) is 4.98 Å². The summed E-state index contributed by atoms with van der Waals surface area (Å²) in [6.07, 6.45) is 4.97. The first-order chi connectivity index (χ1) is 9.61. The molecule has 1 saturated heterocycles. The molecule has 0 spiro atoms. The second-order valence-electron chi connectivity index (χ2n) is 5.54. The SMILES string of the molecule is CCOc1ccc(S(=O)(=O)N2CC3CCCC3C2)cn1. The first-order valence-corrected chi connectivity index (χ1v) is 8.64. The summed E-state index contributed by atoms with van der Waals surface area (Å²) in [5.41, 5.74) is 0. The molecule has 3 rings (SSSR count). The molecule has 0 radical (unpaired) electrons. The lowest BCUT2D eigenvalue weighted by atomic mass is 10.0. The van der Waals surface area contributed by atoms with E-state index in [-0.39, 0.29) is 4.90 Å². The van der Waals surface area contributed by atoms with Crippen molar-refractivity contribution in [3.8, 4) is 5.88 Å². The Bertz CT molecular complexity index is 559. The van der Waals surface area contributed by atoms with Gasteiger partial charge in [-0.2, -0.15) is 4.31 Å². The Morgan fingerprint density at radius 2 is 2.00 bits per heavy atom. The number of sulfonamides is 1. The van der Waals surface area contributed by atoms with E-state index in [0.29, 0.717) is 37.4 Å². The summed E-state index contributed by atoms with van der Waals surface area (Å²) >= 11 is 0. The van der Waals surface area contributed by atoms with Gasteiger partial charge in [0.15, 0.2) is 0 Å². The third-order valence-corrected chi connectivity index (χ3v) is 6.15. The maximum Gasteiger partial charge on any atom is 0.244 e. The lowest BCUT2D eigenvalue weighted by Gasteiger charge is -2.17. The van der Waals surface area contributed by atoms with Crippen LogP contribution in [-0.4, -0.2) is 37.4 Å². The smallest absolute Gasteiger partial charge is 0.244 e. The van der Waals surface area contributed by atoms with Crippen molar-refractivity contribution in [2.45, 2.75) is 31.1 Å². The second-order valence-corrected chi connectivity index (χ2v) is 7.48. The summed E-state index contributed by atoms with van der Waals surface area (Å²) < 4.78 is 32.0. The predicted octanol–water partition coefficient (Wildman–Crippen LogP) is 1.90. The molecule has 1 aromatic heterocycles. The van der Waals surface area contributed by atoms with Crippen molar-refractivity contribution in [2.24, 2.45) is 11.8 Å². The maximum absolute atomic E-state index is 12.6. The minimum absolute atomic E-state index is 0.265. The molecule has 1 aliphatic carbocycles. The van der Waals surface area contributed by atoms with Crippen LogP contribution in [0.3, 0.4) is 0 Å². The van der Waals surface area contributed by atoms with Crippen LogP contribution in [0.15, 0.2) is 23.2 Å². The van der Waals surface area contributed by atoms with Crippen LogP contribution in [0.25, 0.3) is 0 Å². The Kier molecular flexibility index (Phi) is 3.69. The topological polar surface area (TPSA) is 59.5 Å². The van der Waals surface area contributed by atoms with Crippen LogP contribution in [0.5, 0.6) is 5.88 Å². The van der Waals surface area contributed by atoms with Gasteiger partial charge in [-0.15, -0.1) is 0 Å². The molecule has 20 heavy (non-hydrogen) atoms. The van der Waals surface area contributed by atoms with Gasteiger partial charge in [0.25, 0.3) is 0 Å². The quantitative estimate of drug-likeness (QED) is 0.851. The van der Waals surface area contributed by atoms with Crippen LogP contribution in [0.4, 0.5) is 0 Å². The molecule has 1 aliphatic heterocycles. The van der Waals surface area contributed by atoms with Crippen LogP contribution in [0.2, 0.25) is 0 Å². The zero-order valence-corrected chi connectivity index (χ0v) is 12.5. The molecule has 5 nitrogen and oxygen atoms in total.